The summed E-state index contributed by atoms with van der Waals surface area (Å²) >= 11 is 3.50. The van der Waals surface area contributed by atoms with E-state index in [0.717, 1.165) is 30.3 Å². The predicted molar refractivity (Wildman–Crippen MR) is 173 cm³/mol. The average Bonchev–Trinajstić information content (AvgIpc) is 2.99. The molecule has 0 fully saturated rings. The molecule has 1 heterocycles. The minimum Gasteiger partial charge on any atom is -0.448 e. The van der Waals surface area contributed by atoms with Gasteiger partial charge in [-0.15, -0.1) is 0 Å². The van der Waals surface area contributed by atoms with Gasteiger partial charge in [-0.1, -0.05) is 83.4 Å². The molecule has 1 aromatic heterocycles. The Bertz CT molecular complexity index is 1100. The van der Waals surface area contributed by atoms with E-state index in [9.17, 15) is 14.4 Å². The number of aryl methyl sites for hydroxylation is 1. The number of rotatable bonds is 20. The zero-order valence-corrected chi connectivity index (χ0v) is 27.7. The summed E-state index contributed by atoms with van der Waals surface area (Å²) in [6, 6.07) is 11.1. The molecular weight excluding hydrogens is 612 g/mol. The van der Waals surface area contributed by atoms with Crippen LogP contribution in [0, 0.1) is 0 Å². The number of unbranched alkanes of at least 4 members (excludes halogenated alkanes) is 7. The molecular formula is C33H50BrN4O5+. The number of pyridine rings is 1. The molecule has 2 rings (SSSR count). The highest BCUT2D eigenvalue weighted by Gasteiger charge is 2.22. The molecule has 0 radical (unpaired) electrons. The Balaban J connectivity index is 1.69. The van der Waals surface area contributed by atoms with Gasteiger partial charge in [-0.2, -0.15) is 0 Å². The van der Waals surface area contributed by atoms with Gasteiger partial charge in [-0.05, 0) is 47.5 Å². The van der Waals surface area contributed by atoms with Crippen molar-refractivity contribution in [1.82, 2.24) is 10.6 Å². The highest BCUT2D eigenvalue weighted by atomic mass is 79.9. The first kappa shape index (κ1) is 36.1. The number of nitrogens with zero attached hydrogens (tertiary/aromatic N) is 2. The molecule has 0 spiro atoms. The number of benzene rings is 1. The summed E-state index contributed by atoms with van der Waals surface area (Å²) in [5.74, 6) is -0.197. The highest BCUT2D eigenvalue weighted by molar-refractivity contribution is 9.10. The molecule has 43 heavy (non-hydrogen) atoms. The Morgan fingerprint density at radius 1 is 0.884 bits per heavy atom. The fourth-order valence-electron chi connectivity index (χ4n) is 4.69. The first-order valence-corrected chi connectivity index (χ1v) is 16.5. The topological polar surface area (TPSA) is 101 Å². The second-order valence-electron chi connectivity index (χ2n) is 10.8. The fraction of sp³-hybridized carbons (Fsp3) is 0.576. The molecule has 0 saturated carbocycles. The van der Waals surface area contributed by atoms with Crippen LogP contribution in [0.15, 0.2) is 53.3 Å². The summed E-state index contributed by atoms with van der Waals surface area (Å²) in [7, 11) is 0. The minimum absolute atomic E-state index is 0.00692. The van der Waals surface area contributed by atoms with Crippen LogP contribution < -0.4 is 20.1 Å². The van der Waals surface area contributed by atoms with Crippen molar-refractivity contribution in [2.45, 2.75) is 97.6 Å². The van der Waals surface area contributed by atoms with E-state index in [1.165, 1.54) is 44.9 Å². The Morgan fingerprint density at radius 3 is 2.26 bits per heavy atom. The number of halogens is 1. The van der Waals surface area contributed by atoms with Crippen molar-refractivity contribution >= 4 is 39.7 Å². The Labute approximate surface area is 265 Å². The van der Waals surface area contributed by atoms with Crippen LogP contribution in [0.1, 0.15) is 95.3 Å². The Hall–Kier alpha value is -3.14. The van der Waals surface area contributed by atoms with Gasteiger partial charge in [0.25, 0.3) is 5.91 Å². The van der Waals surface area contributed by atoms with Crippen molar-refractivity contribution in [2.24, 2.45) is 0 Å². The molecule has 0 aliphatic carbocycles. The van der Waals surface area contributed by atoms with Gasteiger partial charge < -0.3 is 25.0 Å². The van der Waals surface area contributed by atoms with Crippen LogP contribution >= 0.6 is 15.9 Å². The lowest BCUT2D eigenvalue weighted by molar-refractivity contribution is -0.697. The zero-order chi connectivity index (χ0) is 31.3. The Morgan fingerprint density at radius 2 is 1.56 bits per heavy atom. The summed E-state index contributed by atoms with van der Waals surface area (Å²) in [6.07, 6.45) is 14.5. The van der Waals surface area contributed by atoms with Crippen LogP contribution in [0.2, 0.25) is 0 Å². The van der Waals surface area contributed by atoms with Gasteiger partial charge in [0, 0.05) is 18.2 Å². The number of ether oxygens (including phenoxy) is 2. The highest BCUT2D eigenvalue weighted by Crippen LogP contribution is 2.18. The van der Waals surface area contributed by atoms with Gasteiger partial charge in [-0.3, -0.25) is 4.79 Å². The van der Waals surface area contributed by atoms with Gasteiger partial charge in [0.15, 0.2) is 12.4 Å². The minimum atomic E-state index is -0.643. The molecule has 0 bridgehead atoms. The van der Waals surface area contributed by atoms with Crippen LogP contribution in [0.25, 0.3) is 0 Å². The number of alkyl carbamates (subject to hydrolysis) is 2. The number of aromatic nitrogens is 1. The van der Waals surface area contributed by atoms with E-state index < -0.39 is 12.2 Å². The number of nitrogens with one attached hydrogen (secondary N) is 2. The van der Waals surface area contributed by atoms with E-state index in [-0.39, 0.29) is 38.3 Å². The summed E-state index contributed by atoms with van der Waals surface area (Å²) in [6.45, 7) is 7.38. The fourth-order valence-corrected chi connectivity index (χ4v) is 5.20. The quantitative estimate of drug-likeness (QED) is 0.116. The second kappa shape index (κ2) is 21.5. The SMILES string of the molecule is CCCCCCCCCCC(C)NC(=O)OCCNC(=O)OCCN(C(=O)c1cc(Br)c[n+](CCC)c1)c1ccccc1. The number of hydrogen-bond donors (Lipinski definition) is 2. The number of carbonyl (C=O) groups is 3. The smallest absolute Gasteiger partial charge is 0.407 e. The number of hydrogen-bond acceptors (Lipinski definition) is 5. The van der Waals surface area contributed by atoms with Gasteiger partial charge in [0.1, 0.15) is 25.3 Å². The number of carbonyl (C=O) groups excluding carboxylic acids is 3. The molecule has 3 amide bonds. The van der Waals surface area contributed by atoms with Crippen molar-refractivity contribution in [2.75, 3.05) is 31.2 Å². The van der Waals surface area contributed by atoms with Crippen LogP contribution in [0.3, 0.4) is 0 Å². The molecule has 2 N–H and O–H groups in total. The first-order chi connectivity index (χ1) is 20.8. The van der Waals surface area contributed by atoms with Crippen LogP contribution in [-0.4, -0.2) is 50.4 Å². The lowest BCUT2D eigenvalue weighted by atomic mass is 10.1. The summed E-state index contributed by atoms with van der Waals surface area (Å²) in [5, 5.41) is 5.42. The van der Waals surface area contributed by atoms with E-state index in [0.29, 0.717) is 11.3 Å². The standard InChI is InChI=1S/C33H49BrN4O5/c1-4-6-7-8-9-10-11-13-16-27(3)36-33(41)42-22-19-35-32(40)43-23-21-38(30-17-14-12-15-18-30)31(39)28-24-29(34)26-37(25-28)20-5-2/h12,14-15,17-18,24-27H,4-11,13,16,19-23H2,1-3H3,(H-,35,36,40,41)/p+1. The number of para-hydroxylation sites is 1. The molecule has 10 heteroatoms. The van der Waals surface area contributed by atoms with Crippen molar-refractivity contribution in [3.8, 4) is 0 Å². The lowest BCUT2D eigenvalue weighted by Gasteiger charge is -2.22. The second-order valence-corrected chi connectivity index (χ2v) is 11.7. The maximum Gasteiger partial charge on any atom is 0.407 e. The van der Waals surface area contributed by atoms with E-state index in [1.807, 2.05) is 54.2 Å². The molecule has 2 aromatic rings. The Kier molecular flexibility index (Phi) is 18.1. The van der Waals surface area contributed by atoms with E-state index >= 15 is 0 Å². The summed E-state index contributed by atoms with van der Waals surface area (Å²) in [5.41, 5.74) is 1.23. The molecule has 0 aliphatic heterocycles. The number of anilines is 1. The predicted octanol–water partition coefficient (Wildman–Crippen LogP) is 7.17. The van der Waals surface area contributed by atoms with Gasteiger partial charge >= 0.3 is 12.2 Å². The van der Waals surface area contributed by atoms with Gasteiger partial charge in [0.05, 0.1) is 17.6 Å². The molecule has 1 atom stereocenters. The third-order valence-corrected chi connectivity index (χ3v) is 7.37. The third-order valence-electron chi connectivity index (χ3n) is 6.94. The number of amides is 3. The lowest BCUT2D eigenvalue weighted by Crippen LogP contribution is -2.39. The molecule has 0 saturated heterocycles. The van der Waals surface area contributed by atoms with Crippen LogP contribution in [0.5, 0.6) is 0 Å². The summed E-state index contributed by atoms with van der Waals surface area (Å²) in [4.78, 5) is 39.4. The van der Waals surface area contributed by atoms with Crippen molar-refractivity contribution in [3.63, 3.8) is 0 Å². The molecule has 238 valence electrons. The summed E-state index contributed by atoms with van der Waals surface area (Å²) < 4.78 is 13.3. The van der Waals surface area contributed by atoms with Crippen LogP contribution in [-0.2, 0) is 16.0 Å². The van der Waals surface area contributed by atoms with Crippen molar-refractivity contribution in [1.29, 1.82) is 0 Å². The maximum atomic E-state index is 13.5. The molecule has 9 nitrogen and oxygen atoms in total. The van der Waals surface area contributed by atoms with E-state index in [2.05, 4.69) is 40.4 Å². The van der Waals surface area contributed by atoms with Gasteiger partial charge in [-0.25, -0.2) is 14.2 Å². The zero-order valence-electron chi connectivity index (χ0n) is 26.1. The van der Waals surface area contributed by atoms with Crippen LogP contribution in [0.4, 0.5) is 15.3 Å². The molecule has 0 aliphatic rings. The monoisotopic (exact) mass is 661 g/mol. The average molecular weight is 663 g/mol. The van der Waals surface area contributed by atoms with Gasteiger partial charge in [0.2, 0.25) is 0 Å². The maximum absolute atomic E-state index is 13.5. The van der Waals surface area contributed by atoms with E-state index in [4.69, 9.17) is 9.47 Å². The third kappa shape index (κ3) is 15.2. The van der Waals surface area contributed by atoms with Crippen molar-refractivity contribution in [3.05, 3.63) is 58.8 Å². The normalized spacial score (nSPS) is 11.4. The van der Waals surface area contributed by atoms with E-state index in [1.54, 1.807) is 11.0 Å². The van der Waals surface area contributed by atoms with Crippen molar-refractivity contribution < 1.29 is 28.4 Å². The molecule has 1 aromatic carbocycles. The largest absolute Gasteiger partial charge is 0.448 e. The molecule has 1 unspecified atom stereocenters. The first-order valence-electron chi connectivity index (χ1n) is 15.7.